The van der Waals surface area contributed by atoms with Crippen LogP contribution in [0.2, 0.25) is 0 Å². The fourth-order valence-electron chi connectivity index (χ4n) is 2.74. The standard InChI is InChI=1S/C17H25NO/c1-4-14-6-5-7-15(8-14)9-17(19)10-16-11-18(12-16)13(2)3/h5-8,13,16H,4,9-12H2,1-3H3. The van der Waals surface area contributed by atoms with Crippen LogP contribution >= 0.6 is 0 Å². The van der Waals surface area contributed by atoms with E-state index < -0.39 is 0 Å². The summed E-state index contributed by atoms with van der Waals surface area (Å²) in [5.41, 5.74) is 2.49. The fourth-order valence-corrected chi connectivity index (χ4v) is 2.74. The lowest BCUT2D eigenvalue weighted by molar-refractivity contribution is -0.120. The molecule has 1 fully saturated rings. The number of carbonyl (C=O) groups excluding carboxylic acids is 1. The molecule has 1 aromatic rings. The fraction of sp³-hybridized carbons (Fsp3) is 0.588. The van der Waals surface area contributed by atoms with Gasteiger partial charge in [0.05, 0.1) is 0 Å². The predicted molar refractivity (Wildman–Crippen MR) is 79.3 cm³/mol. The summed E-state index contributed by atoms with van der Waals surface area (Å²) in [5, 5.41) is 0. The van der Waals surface area contributed by atoms with Gasteiger partial charge in [-0.3, -0.25) is 4.79 Å². The van der Waals surface area contributed by atoms with Crippen LogP contribution in [-0.2, 0) is 17.6 Å². The number of hydrogen-bond acceptors (Lipinski definition) is 2. The summed E-state index contributed by atoms with van der Waals surface area (Å²) in [4.78, 5) is 14.5. The molecule has 0 bridgehead atoms. The van der Waals surface area contributed by atoms with Crippen LogP contribution in [0, 0.1) is 5.92 Å². The highest BCUT2D eigenvalue weighted by molar-refractivity contribution is 5.81. The molecule has 0 unspecified atom stereocenters. The predicted octanol–water partition coefficient (Wildman–Crippen LogP) is 3.09. The van der Waals surface area contributed by atoms with Gasteiger partial charge in [0.1, 0.15) is 5.78 Å². The molecule has 1 aliphatic heterocycles. The molecule has 0 saturated carbocycles. The molecule has 1 heterocycles. The van der Waals surface area contributed by atoms with Gasteiger partial charge in [-0.05, 0) is 37.3 Å². The normalized spacial score (nSPS) is 16.6. The monoisotopic (exact) mass is 259 g/mol. The summed E-state index contributed by atoms with van der Waals surface area (Å²) in [6, 6.07) is 9.04. The third-order valence-corrected chi connectivity index (χ3v) is 4.03. The summed E-state index contributed by atoms with van der Waals surface area (Å²) >= 11 is 0. The van der Waals surface area contributed by atoms with Crippen LogP contribution in [0.15, 0.2) is 24.3 Å². The number of nitrogens with zero attached hydrogens (tertiary/aromatic N) is 1. The summed E-state index contributed by atoms with van der Waals surface area (Å²) in [7, 11) is 0. The Balaban J connectivity index is 1.79. The third-order valence-electron chi connectivity index (χ3n) is 4.03. The van der Waals surface area contributed by atoms with Crippen LogP contribution < -0.4 is 0 Å². The molecule has 0 N–H and O–H groups in total. The molecule has 0 radical (unpaired) electrons. The first-order valence-corrected chi connectivity index (χ1v) is 7.42. The molecule has 1 saturated heterocycles. The van der Waals surface area contributed by atoms with E-state index in [-0.39, 0.29) is 0 Å². The minimum atomic E-state index is 0.390. The van der Waals surface area contributed by atoms with E-state index >= 15 is 0 Å². The summed E-state index contributed by atoms with van der Waals surface area (Å²) in [6.45, 7) is 8.77. The summed E-state index contributed by atoms with van der Waals surface area (Å²) in [5.74, 6) is 0.978. The highest BCUT2D eigenvalue weighted by atomic mass is 16.1. The van der Waals surface area contributed by atoms with Crippen LogP contribution in [0.1, 0.15) is 38.3 Å². The van der Waals surface area contributed by atoms with Crippen molar-refractivity contribution in [3.05, 3.63) is 35.4 Å². The molecule has 0 aliphatic carbocycles. The van der Waals surface area contributed by atoms with Crippen LogP contribution in [0.5, 0.6) is 0 Å². The molecule has 0 amide bonds. The van der Waals surface area contributed by atoms with Gasteiger partial charge in [0.15, 0.2) is 0 Å². The van der Waals surface area contributed by atoms with E-state index in [9.17, 15) is 4.79 Å². The number of Topliss-reactive ketones (excluding diaryl/α,β-unsaturated/α-hetero) is 1. The lowest BCUT2D eigenvalue weighted by Crippen LogP contribution is -2.50. The summed E-state index contributed by atoms with van der Waals surface area (Å²) < 4.78 is 0. The van der Waals surface area contributed by atoms with Crippen molar-refractivity contribution in [1.82, 2.24) is 4.90 Å². The average molecular weight is 259 g/mol. The number of ketones is 1. The number of aryl methyl sites for hydroxylation is 1. The number of benzene rings is 1. The van der Waals surface area contributed by atoms with Gasteiger partial charge in [-0.1, -0.05) is 31.2 Å². The van der Waals surface area contributed by atoms with E-state index in [1.165, 1.54) is 11.1 Å². The Hall–Kier alpha value is -1.15. The van der Waals surface area contributed by atoms with E-state index in [1.54, 1.807) is 0 Å². The van der Waals surface area contributed by atoms with Gasteiger partial charge in [0.25, 0.3) is 0 Å². The lowest BCUT2D eigenvalue weighted by atomic mass is 9.90. The molecule has 104 valence electrons. The topological polar surface area (TPSA) is 20.3 Å². The zero-order valence-corrected chi connectivity index (χ0v) is 12.4. The zero-order chi connectivity index (χ0) is 13.8. The molecular weight excluding hydrogens is 234 g/mol. The zero-order valence-electron chi connectivity index (χ0n) is 12.4. The lowest BCUT2D eigenvalue weighted by Gasteiger charge is -2.41. The first-order chi connectivity index (χ1) is 9.08. The Morgan fingerprint density at radius 3 is 2.63 bits per heavy atom. The van der Waals surface area contributed by atoms with Gasteiger partial charge < -0.3 is 4.90 Å². The Morgan fingerprint density at radius 1 is 1.32 bits per heavy atom. The highest BCUT2D eigenvalue weighted by Crippen LogP contribution is 2.22. The molecule has 0 atom stereocenters. The Bertz CT molecular complexity index is 433. The van der Waals surface area contributed by atoms with Gasteiger partial charge in [0.2, 0.25) is 0 Å². The van der Waals surface area contributed by atoms with Gasteiger partial charge in [-0.2, -0.15) is 0 Å². The average Bonchev–Trinajstić information content (AvgIpc) is 2.33. The second-order valence-electron chi connectivity index (χ2n) is 6.01. The van der Waals surface area contributed by atoms with Crippen molar-refractivity contribution < 1.29 is 4.79 Å². The smallest absolute Gasteiger partial charge is 0.137 e. The van der Waals surface area contributed by atoms with Gasteiger partial charge in [0, 0.05) is 32.0 Å². The van der Waals surface area contributed by atoms with Crippen molar-refractivity contribution in [2.45, 2.75) is 46.1 Å². The van der Waals surface area contributed by atoms with Gasteiger partial charge in [-0.15, -0.1) is 0 Å². The first kappa shape index (κ1) is 14.3. The summed E-state index contributed by atoms with van der Waals surface area (Å²) in [6.07, 6.45) is 2.39. The van der Waals surface area contributed by atoms with Crippen molar-refractivity contribution in [1.29, 1.82) is 0 Å². The second-order valence-corrected chi connectivity index (χ2v) is 6.01. The molecule has 1 aliphatic rings. The quantitative estimate of drug-likeness (QED) is 0.782. The van der Waals surface area contributed by atoms with Crippen molar-refractivity contribution in [3.8, 4) is 0 Å². The number of rotatable bonds is 6. The Morgan fingerprint density at radius 2 is 2.00 bits per heavy atom. The Kier molecular flexibility index (Phi) is 4.76. The van der Waals surface area contributed by atoms with E-state index in [4.69, 9.17) is 0 Å². The van der Waals surface area contributed by atoms with Crippen LogP contribution in [0.3, 0.4) is 0 Å². The van der Waals surface area contributed by atoms with Crippen molar-refractivity contribution in [2.75, 3.05) is 13.1 Å². The van der Waals surface area contributed by atoms with Crippen molar-refractivity contribution in [3.63, 3.8) is 0 Å². The van der Waals surface area contributed by atoms with Crippen molar-refractivity contribution >= 4 is 5.78 Å². The maximum Gasteiger partial charge on any atom is 0.137 e. The van der Waals surface area contributed by atoms with Gasteiger partial charge >= 0.3 is 0 Å². The van der Waals surface area contributed by atoms with E-state index in [0.717, 1.165) is 25.9 Å². The molecule has 2 rings (SSSR count). The number of carbonyl (C=O) groups is 1. The largest absolute Gasteiger partial charge is 0.300 e. The molecule has 19 heavy (non-hydrogen) atoms. The SMILES string of the molecule is CCc1cccc(CC(=O)CC2CN(C(C)C)C2)c1. The third kappa shape index (κ3) is 3.90. The molecule has 0 spiro atoms. The Labute approximate surface area is 116 Å². The maximum atomic E-state index is 12.1. The van der Waals surface area contributed by atoms with Crippen LogP contribution in [0.25, 0.3) is 0 Å². The molecular formula is C17H25NO. The molecule has 2 heteroatoms. The highest BCUT2D eigenvalue weighted by Gasteiger charge is 2.29. The minimum Gasteiger partial charge on any atom is -0.300 e. The maximum absolute atomic E-state index is 12.1. The van der Waals surface area contributed by atoms with Crippen LogP contribution in [0.4, 0.5) is 0 Å². The first-order valence-electron chi connectivity index (χ1n) is 7.42. The molecule has 1 aromatic carbocycles. The number of hydrogen-bond donors (Lipinski definition) is 0. The molecule has 2 nitrogen and oxygen atoms in total. The van der Waals surface area contributed by atoms with E-state index in [1.807, 2.05) is 0 Å². The van der Waals surface area contributed by atoms with Gasteiger partial charge in [-0.25, -0.2) is 0 Å². The second kappa shape index (κ2) is 6.33. The van der Waals surface area contributed by atoms with Crippen molar-refractivity contribution in [2.24, 2.45) is 5.92 Å². The van der Waals surface area contributed by atoms with E-state index in [2.05, 4.69) is 49.9 Å². The molecule has 0 aromatic heterocycles. The van der Waals surface area contributed by atoms with Crippen LogP contribution in [-0.4, -0.2) is 29.8 Å². The minimum absolute atomic E-state index is 0.390. The van der Waals surface area contributed by atoms with E-state index in [0.29, 0.717) is 24.2 Å². The number of likely N-dealkylation sites (tertiary alicyclic amines) is 1.